The van der Waals surface area contributed by atoms with Gasteiger partial charge in [-0.15, -0.1) is 11.6 Å². The van der Waals surface area contributed by atoms with Gasteiger partial charge in [-0.2, -0.15) is 0 Å². The summed E-state index contributed by atoms with van der Waals surface area (Å²) in [6.07, 6.45) is 0.841. The summed E-state index contributed by atoms with van der Waals surface area (Å²) in [7, 11) is 0. The first-order chi connectivity index (χ1) is 6.26. The Morgan fingerprint density at radius 3 is 2.62 bits per heavy atom. The van der Waals surface area contributed by atoms with Crippen molar-refractivity contribution in [3.8, 4) is 0 Å². The van der Waals surface area contributed by atoms with E-state index in [9.17, 15) is 4.79 Å². The number of likely N-dealkylation sites (N-methyl/N-ethyl adjacent to an activating group) is 1. The van der Waals surface area contributed by atoms with E-state index < -0.39 is 0 Å². The first-order valence-electron chi connectivity index (χ1n) is 4.67. The molecule has 0 bridgehead atoms. The molecule has 0 aromatic carbocycles. The lowest BCUT2D eigenvalue weighted by atomic mass is 10.4. The largest absolute Gasteiger partial charge is 0.372 e. The molecule has 0 saturated heterocycles. The Balaban J connectivity index is 3.71. The molecular formula is C9H18ClNO2. The van der Waals surface area contributed by atoms with Crippen LogP contribution < -0.4 is 0 Å². The summed E-state index contributed by atoms with van der Waals surface area (Å²) in [6, 6.07) is 0. The fourth-order valence-electron chi connectivity index (χ4n) is 0.990. The van der Waals surface area contributed by atoms with E-state index in [0.29, 0.717) is 12.5 Å². The Morgan fingerprint density at radius 2 is 2.15 bits per heavy atom. The molecule has 0 aliphatic heterocycles. The van der Waals surface area contributed by atoms with E-state index in [4.69, 9.17) is 16.3 Å². The number of amides is 1. The van der Waals surface area contributed by atoms with Crippen molar-refractivity contribution < 1.29 is 9.53 Å². The van der Waals surface area contributed by atoms with Crippen molar-refractivity contribution in [3.05, 3.63) is 0 Å². The molecule has 0 spiro atoms. The van der Waals surface area contributed by atoms with Crippen LogP contribution in [-0.2, 0) is 9.53 Å². The Bertz CT molecular complexity index is 142. The number of carbonyl (C=O) groups is 1. The van der Waals surface area contributed by atoms with Gasteiger partial charge in [0.25, 0.3) is 0 Å². The highest BCUT2D eigenvalue weighted by Gasteiger charge is 2.09. The van der Waals surface area contributed by atoms with E-state index in [1.807, 2.05) is 13.8 Å². The van der Waals surface area contributed by atoms with Gasteiger partial charge in [-0.1, -0.05) is 0 Å². The maximum atomic E-state index is 11.4. The highest BCUT2D eigenvalue weighted by atomic mass is 35.5. The van der Waals surface area contributed by atoms with Crippen LogP contribution in [0.3, 0.4) is 0 Å². The lowest BCUT2D eigenvalue weighted by molar-refractivity contribution is -0.135. The Labute approximate surface area is 85.0 Å². The van der Waals surface area contributed by atoms with Gasteiger partial charge in [-0.3, -0.25) is 4.79 Å². The minimum atomic E-state index is 0.0504. The van der Waals surface area contributed by atoms with E-state index in [-0.39, 0.29) is 12.5 Å². The van der Waals surface area contributed by atoms with Crippen LogP contribution in [0.25, 0.3) is 0 Å². The number of halogens is 1. The van der Waals surface area contributed by atoms with Crippen molar-refractivity contribution in [3.63, 3.8) is 0 Å². The zero-order valence-corrected chi connectivity index (χ0v) is 9.14. The molecule has 3 nitrogen and oxygen atoms in total. The van der Waals surface area contributed by atoms with Crippen LogP contribution in [0.15, 0.2) is 0 Å². The smallest absolute Gasteiger partial charge is 0.248 e. The van der Waals surface area contributed by atoms with Gasteiger partial charge in [0, 0.05) is 25.6 Å². The van der Waals surface area contributed by atoms with Gasteiger partial charge < -0.3 is 9.64 Å². The molecule has 0 unspecified atom stereocenters. The van der Waals surface area contributed by atoms with Gasteiger partial charge in [0.05, 0.1) is 0 Å². The highest BCUT2D eigenvalue weighted by Crippen LogP contribution is 1.95. The Hall–Kier alpha value is -0.280. The van der Waals surface area contributed by atoms with Crippen molar-refractivity contribution in [2.24, 2.45) is 0 Å². The molecule has 4 heteroatoms. The molecule has 0 saturated carbocycles. The Morgan fingerprint density at radius 1 is 1.46 bits per heavy atom. The molecule has 0 heterocycles. The topological polar surface area (TPSA) is 29.5 Å². The molecule has 0 aliphatic rings. The zero-order chi connectivity index (χ0) is 10.1. The van der Waals surface area contributed by atoms with Crippen molar-refractivity contribution in [1.29, 1.82) is 0 Å². The molecule has 13 heavy (non-hydrogen) atoms. The van der Waals surface area contributed by atoms with E-state index in [1.165, 1.54) is 0 Å². The van der Waals surface area contributed by atoms with Gasteiger partial charge in [-0.25, -0.2) is 0 Å². The molecule has 0 rings (SSSR count). The van der Waals surface area contributed by atoms with Gasteiger partial charge in [0.15, 0.2) is 0 Å². The number of ether oxygens (including phenoxy) is 1. The standard InChI is InChI=1S/C9H18ClNO2/c1-3-11(7-5-6-10)9(12)8-13-4-2/h3-8H2,1-2H3. The predicted octanol–water partition coefficient (Wildman–Crippen LogP) is 1.50. The number of alkyl halides is 1. The van der Waals surface area contributed by atoms with Crippen molar-refractivity contribution in [2.75, 3.05) is 32.2 Å². The predicted molar refractivity (Wildman–Crippen MR) is 54.1 cm³/mol. The first-order valence-corrected chi connectivity index (χ1v) is 5.21. The van der Waals surface area contributed by atoms with Crippen molar-refractivity contribution in [2.45, 2.75) is 20.3 Å². The minimum Gasteiger partial charge on any atom is -0.372 e. The summed E-state index contributed by atoms with van der Waals surface area (Å²) in [6.45, 7) is 6.06. The maximum Gasteiger partial charge on any atom is 0.248 e. The molecule has 0 aromatic rings. The summed E-state index contributed by atoms with van der Waals surface area (Å²) in [4.78, 5) is 13.2. The van der Waals surface area contributed by atoms with Gasteiger partial charge in [-0.05, 0) is 20.3 Å². The van der Waals surface area contributed by atoms with Gasteiger partial charge >= 0.3 is 0 Å². The van der Waals surface area contributed by atoms with E-state index in [2.05, 4.69) is 0 Å². The third-order valence-corrected chi connectivity index (χ3v) is 1.99. The quantitative estimate of drug-likeness (QED) is 0.593. The summed E-state index contributed by atoms with van der Waals surface area (Å²) < 4.78 is 5.03. The summed E-state index contributed by atoms with van der Waals surface area (Å²) in [5, 5.41) is 0. The molecule has 0 atom stereocenters. The molecule has 0 fully saturated rings. The molecule has 78 valence electrons. The third-order valence-electron chi connectivity index (χ3n) is 1.73. The number of hydrogen-bond acceptors (Lipinski definition) is 2. The third kappa shape index (κ3) is 5.88. The Kier molecular flexibility index (Phi) is 8.14. The van der Waals surface area contributed by atoms with Crippen LogP contribution >= 0.6 is 11.6 Å². The minimum absolute atomic E-state index is 0.0504. The van der Waals surface area contributed by atoms with E-state index in [1.54, 1.807) is 4.90 Å². The zero-order valence-electron chi connectivity index (χ0n) is 8.38. The molecule has 0 radical (unpaired) electrons. The highest BCUT2D eigenvalue weighted by molar-refractivity contribution is 6.17. The molecule has 0 aliphatic carbocycles. The van der Waals surface area contributed by atoms with Crippen LogP contribution in [0.1, 0.15) is 20.3 Å². The number of nitrogens with zero attached hydrogens (tertiary/aromatic N) is 1. The van der Waals surface area contributed by atoms with Crippen LogP contribution in [0.2, 0.25) is 0 Å². The second kappa shape index (κ2) is 8.32. The lowest BCUT2D eigenvalue weighted by Crippen LogP contribution is -2.34. The SMILES string of the molecule is CCOCC(=O)N(CC)CCCCl. The molecular weight excluding hydrogens is 190 g/mol. The van der Waals surface area contributed by atoms with Crippen molar-refractivity contribution >= 4 is 17.5 Å². The molecule has 0 N–H and O–H groups in total. The maximum absolute atomic E-state index is 11.4. The first kappa shape index (κ1) is 12.7. The van der Waals surface area contributed by atoms with E-state index >= 15 is 0 Å². The second-order valence-corrected chi connectivity index (χ2v) is 3.03. The molecule has 0 aromatic heterocycles. The summed E-state index contributed by atoms with van der Waals surface area (Å²) >= 11 is 5.54. The fourth-order valence-corrected chi connectivity index (χ4v) is 1.11. The normalized spacial score (nSPS) is 10.1. The number of carbonyl (C=O) groups excluding carboxylic acids is 1. The van der Waals surface area contributed by atoms with Crippen LogP contribution in [0.4, 0.5) is 0 Å². The van der Waals surface area contributed by atoms with Crippen LogP contribution in [-0.4, -0.2) is 43.0 Å². The second-order valence-electron chi connectivity index (χ2n) is 2.65. The summed E-state index contributed by atoms with van der Waals surface area (Å²) in [5.74, 6) is 0.646. The average Bonchev–Trinajstić information content (AvgIpc) is 2.16. The van der Waals surface area contributed by atoms with Crippen LogP contribution in [0.5, 0.6) is 0 Å². The molecule has 1 amide bonds. The monoisotopic (exact) mass is 207 g/mol. The average molecular weight is 208 g/mol. The number of hydrogen-bond donors (Lipinski definition) is 0. The fraction of sp³-hybridized carbons (Fsp3) is 0.889. The number of rotatable bonds is 7. The van der Waals surface area contributed by atoms with E-state index in [0.717, 1.165) is 19.5 Å². The van der Waals surface area contributed by atoms with Crippen molar-refractivity contribution in [1.82, 2.24) is 4.90 Å². The van der Waals surface area contributed by atoms with Crippen LogP contribution in [0, 0.1) is 0 Å². The lowest BCUT2D eigenvalue weighted by Gasteiger charge is -2.19. The van der Waals surface area contributed by atoms with Gasteiger partial charge in [0.1, 0.15) is 6.61 Å². The summed E-state index contributed by atoms with van der Waals surface area (Å²) in [5.41, 5.74) is 0. The van der Waals surface area contributed by atoms with Gasteiger partial charge in [0.2, 0.25) is 5.91 Å².